The van der Waals surface area contributed by atoms with E-state index in [1.807, 2.05) is 0 Å². The van der Waals surface area contributed by atoms with Gasteiger partial charge in [-0.15, -0.1) is 0 Å². The second-order valence-corrected chi connectivity index (χ2v) is 5.90. The number of carbonyl (C=O) groups is 2. The Balaban J connectivity index is 4.99. The van der Waals surface area contributed by atoms with Crippen LogP contribution < -0.4 is 5.32 Å². The molecule has 0 aliphatic carbocycles. The van der Waals surface area contributed by atoms with Gasteiger partial charge >= 0.3 is 12.1 Å². The zero-order valence-corrected chi connectivity index (χ0v) is 13.7. The number of carboxylic acid groups (broad SMARTS) is 1. The number of nitro groups is 1. The number of aliphatic carboxylic acids is 1. The van der Waals surface area contributed by atoms with Gasteiger partial charge in [0, 0.05) is 12.0 Å². The van der Waals surface area contributed by atoms with Gasteiger partial charge in [-0.05, 0) is 20.8 Å². The van der Waals surface area contributed by atoms with Crippen molar-refractivity contribution in [1.29, 1.82) is 0 Å². The Bertz CT molecular complexity index is 391. The van der Waals surface area contributed by atoms with Gasteiger partial charge in [0.2, 0.25) is 6.54 Å². The number of nitrogens with zero attached hydrogens (tertiary/aromatic N) is 1. The topological polar surface area (TPSA) is 137 Å². The van der Waals surface area contributed by atoms with E-state index in [0.29, 0.717) is 0 Å². The zero-order valence-electron chi connectivity index (χ0n) is 13.7. The van der Waals surface area contributed by atoms with Gasteiger partial charge in [-0.1, -0.05) is 0 Å². The Morgan fingerprint density at radius 2 is 1.96 bits per heavy atom. The number of alkyl carbamates (subject to hydrolysis) is 1. The predicted octanol–water partition coefficient (Wildman–Crippen LogP) is 0.868. The maximum atomic E-state index is 11.8. The summed E-state index contributed by atoms with van der Waals surface area (Å²) in [6, 6.07) is -0.901. The fourth-order valence-electron chi connectivity index (χ4n) is 1.76. The fourth-order valence-corrected chi connectivity index (χ4v) is 1.76. The molecule has 0 aromatic rings. The van der Waals surface area contributed by atoms with E-state index >= 15 is 0 Å². The molecule has 0 heterocycles. The van der Waals surface area contributed by atoms with E-state index in [0.717, 1.165) is 0 Å². The Morgan fingerprint density at radius 1 is 1.35 bits per heavy atom. The number of hydrogen-bond donors (Lipinski definition) is 2. The number of nitrogens with one attached hydrogen (secondary N) is 1. The summed E-state index contributed by atoms with van der Waals surface area (Å²) in [7, 11) is 1.39. The first kappa shape index (κ1) is 21.1. The van der Waals surface area contributed by atoms with Crippen molar-refractivity contribution < 1.29 is 33.8 Å². The maximum absolute atomic E-state index is 11.8. The summed E-state index contributed by atoms with van der Waals surface area (Å²) in [4.78, 5) is 32.9. The molecule has 0 fully saturated rings. The molecule has 0 aliphatic rings. The van der Waals surface area contributed by atoms with Crippen LogP contribution in [0.4, 0.5) is 4.79 Å². The van der Waals surface area contributed by atoms with Gasteiger partial charge in [0.1, 0.15) is 12.4 Å². The molecule has 0 radical (unpaired) electrons. The third kappa shape index (κ3) is 11.3. The van der Waals surface area contributed by atoms with Crippen molar-refractivity contribution in [2.24, 2.45) is 5.92 Å². The van der Waals surface area contributed by atoms with Crippen molar-refractivity contribution in [3.63, 3.8) is 0 Å². The molecule has 0 aromatic heterocycles. The molecule has 2 N–H and O–H groups in total. The van der Waals surface area contributed by atoms with E-state index in [9.17, 15) is 19.7 Å². The molecular formula is C13H24N2O8. The highest BCUT2D eigenvalue weighted by Gasteiger charge is 2.31. The summed E-state index contributed by atoms with van der Waals surface area (Å²) < 4.78 is 14.9. The van der Waals surface area contributed by atoms with Crippen LogP contribution in [0.3, 0.4) is 0 Å². The van der Waals surface area contributed by atoms with Crippen LogP contribution in [0.5, 0.6) is 0 Å². The third-order valence-corrected chi connectivity index (χ3v) is 2.59. The van der Waals surface area contributed by atoms with Crippen molar-refractivity contribution in [2.45, 2.75) is 38.8 Å². The molecule has 10 heteroatoms. The molecule has 23 heavy (non-hydrogen) atoms. The van der Waals surface area contributed by atoms with Crippen LogP contribution >= 0.6 is 0 Å². The van der Waals surface area contributed by atoms with Crippen LogP contribution in [0.25, 0.3) is 0 Å². The number of carbonyl (C=O) groups excluding carboxylic acids is 1. The molecule has 134 valence electrons. The first-order chi connectivity index (χ1) is 10.5. The first-order valence-electron chi connectivity index (χ1n) is 6.95. The number of hydrogen-bond acceptors (Lipinski definition) is 7. The second kappa shape index (κ2) is 9.95. The van der Waals surface area contributed by atoms with Gasteiger partial charge in [-0.3, -0.25) is 14.9 Å². The Hall–Kier alpha value is -1.94. The number of carboxylic acids is 1. The number of rotatable bonds is 10. The van der Waals surface area contributed by atoms with Crippen molar-refractivity contribution in [3.05, 3.63) is 10.1 Å². The Morgan fingerprint density at radius 3 is 2.39 bits per heavy atom. The van der Waals surface area contributed by atoms with Gasteiger partial charge in [0.05, 0.1) is 25.0 Å². The molecule has 0 aromatic carbocycles. The zero-order chi connectivity index (χ0) is 18.0. The van der Waals surface area contributed by atoms with Crippen molar-refractivity contribution >= 4 is 12.1 Å². The van der Waals surface area contributed by atoms with Crippen molar-refractivity contribution in [2.75, 3.05) is 27.1 Å². The molecular weight excluding hydrogens is 312 g/mol. The Labute approximate surface area is 134 Å². The summed E-state index contributed by atoms with van der Waals surface area (Å²) in [6.45, 7) is 4.13. The van der Waals surface area contributed by atoms with E-state index in [1.165, 1.54) is 7.11 Å². The minimum Gasteiger partial charge on any atom is -0.481 e. The van der Waals surface area contributed by atoms with Gasteiger partial charge in [-0.25, -0.2) is 4.79 Å². The predicted molar refractivity (Wildman–Crippen MR) is 78.6 cm³/mol. The highest BCUT2D eigenvalue weighted by Crippen LogP contribution is 2.13. The smallest absolute Gasteiger partial charge is 0.407 e. The van der Waals surface area contributed by atoms with Crippen LogP contribution in [0.2, 0.25) is 0 Å². The van der Waals surface area contributed by atoms with Crippen LogP contribution in [0.15, 0.2) is 0 Å². The molecule has 0 aliphatic heterocycles. The normalized spacial score (nSPS) is 13.9. The van der Waals surface area contributed by atoms with Gasteiger partial charge in [0.15, 0.2) is 0 Å². The summed E-state index contributed by atoms with van der Waals surface area (Å²) in [6.07, 6.45) is -1.29. The average Bonchev–Trinajstić information content (AvgIpc) is 2.33. The summed E-state index contributed by atoms with van der Waals surface area (Å²) >= 11 is 0. The lowest BCUT2D eigenvalue weighted by Gasteiger charge is -2.26. The Kier molecular flexibility index (Phi) is 9.11. The van der Waals surface area contributed by atoms with Crippen molar-refractivity contribution in [3.8, 4) is 0 Å². The van der Waals surface area contributed by atoms with Gasteiger partial charge < -0.3 is 24.6 Å². The first-order valence-corrected chi connectivity index (χ1v) is 6.95. The second-order valence-electron chi connectivity index (χ2n) is 5.90. The molecule has 0 saturated carbocycles. The van der Waals surface area contributed by atoms with Gasteiger partial charge in [0.25, 0.3) is 0 Å². The van der Waals surface area contributed by atoms with Crippen LogP contribution in [0.1, 0.15) is 27.2 Å². The van der Waals surface area contributed by atoms with Crippen LogP contribution in [-0.2, 0) is 19.0 Å². The highest BCUT2D eigenvalue weighted by molar-refractivity contribution is 5.69. The van der Waals surface area contributed by atoms with E-state index in [-0.39, 0.29) is 13.4 Å². The SMILES string of the molecule is COCOCC(NC(=O)OC(C)(C)C)C(CC(=O)O)C[N+](=O)[O-]. The third-order valence-electron chi connectivity index (χ3n) is 2.59. The van der Waals surface area contributed by atoms with E-state index < -0.39 is 47.5 Å². The minimum atomic E-state index is -1.21. The lowest BCUT2D eigenvalue weighted by atomic mass is 9.96. The molecule has 0 bridgehead atoms. The van der Waals surface area contributed by atoms with Crippen molar-refractivity contribution in [1.82, 2.24) is 5.32 Å². The molecule has 1 amide bonds. The van der Waals surface area contributed by atoms with Crippen LogP contribution in [-0.4, -0.2) is 60.8 Å². The molecule has 0 rings (SSSR count). The quantitative estimate of drug-likeness (QED) is 0.259. The monoisotopic (exact) mass is 336 g/mol. The van der Waals surface area contributed by atoms with E-state index in [1.54, 1.807) is 20.8 Å². The highest BCUT2D eigenvalue weighted by atomic mass is 16.7. The standard InChI is InChI=1S/C13H24N2O8/c1-13(2,3)23-12(18)14-10(7-22-8-21-4)9(5-11(16)17)6-15(19)20/h9-10H,5-8H2,1-4H3,(H,14,18)(H,16,17). The van der Waals surface area contributed by atoms with E-state index in [4.69, 9.17) is 19.3 Å². The maximum Gasteiger partial charge on any atom is 0.407 e. The molecule has 0 saturated heterocycles. The largest absolute Gasteiger partial charge is 0.481 e. The summed E-state index contributed by atoms with van der Waals surface area (Å²) in [5.74, 6) is -2.16. The minimum absolute atomic E-state index is 0.0925. The number of amides is 1. The number of methoxy groups -OCH3 is 1. The van der Waals surface area contributed by atoms with E-state index in [2.05, 4.69) is 5.32 Å². The summed E-state index contributed by atoms with van der Waals surface area (Å²) in [5, 5.41) is 22.1. The van der Waals surface area contributed by atoms with Crippen LogP contribution in [0, 0.1) is 16.0 Å². The molecule has 10 nitrogen and oxygen atoms in total. The number of ether oxygens (including phenoxy) is 3. The fraction of sp³-hybridized carbons (Fsp3) is 0.846. The summed E-state index contributed by atoms with van der Waals surface area (Å²) in [5.41, 5.74) is -0.757. The lowest BCUT2D eigenvalue weighted by Crippen LogP contribution is -2.48. The average molecular weight is 336 g/mol. The van der Waals surface area contributed by atoms with Gasteiger partial charge in [-0.2, -0.15) is 0 Å². The molecule has 0 spiro atoms. The lowest BCUT2D eigenvalue weighted by molar-refractivity contribution is -0.489. The molecule has 2 unspecified atom stereocenters. The molecule has 2 atom stereocenters.